The first-order chi connectivity index (χ1) is 2.91. The first kappa shape index (κ1) is 10.7. The summed E-state index contributed by atoms with van der Waals surface area (Å²) in [5.41, 5.74) is 0. The molecule has 0 bridgehead atoms. The molecule has 0 unspecified atom stereocenters. The lowest BCUT2D eigenvalue weighted by Crippen LogP contribution is -1.69. The van der Waals surface area contributed by atoms with Gasteiger partial charge in [-0.25, -0.2) is 0 Å². The second-order valence-electron chi connectivity index (χ2n) is 1.56. The van der Waals surface area contributed by atoms with Crippen molar-refractivity contribution in [1.29, 1.82) is 0 Å². The van der Waals surface area contributed by atoms with Crippen molar-refractivity contribution >= 4 is 21.7 Å². The molecule has 2 heteroatoms. The Balaban J connectivity index is 0. The number of hydrogen-bond acceptors (Lipinski definition) is 1. The van der Waals surface area contributed by atoms with Crippen LogP contribution in [-0.2, 0) is 0 Å². The lowest BCUT2D eigenvalue weighted by atomic mass is 10.3. The zero-order valence-electron chi connectivity index (χ0n) is 5.24. The lowest BCUT2D eigenvalue weighted by molar-refractivity contribution is 0.771. The standard InChI is InChI=1S/C5H11.Mg.H3N/c1-3-5-4-2;;/h1,3-5H2,2H3;;1H3/q;+2;. The second-order valence-corrected chi connectivity index (χ2v) is 2.27. The second kappa shape index (κ2) is 9.87. The van der Waals surface area contributed by atoms with Crippen molar-refractivity contribution in [2.24, 2.45) is 0 Å². The summed E-state index contributed by atoms with van der Waals surface area (Å²) in [4.78, 5) is 0. The summed E-state index contributed by atoms with van der Waals surface area (Å²) in [5.74, 6) is 0. The van der Waals surface area contributed by atoms with Gasteiger partial charge < -0.3 is 6.15 Å². The highest BCUT2D eigenvalue weighted by molar-refractivity contribution is 6.08. The smallest absolute Gasteiger partial charge is 0.344 e. The molecule has 0 aliphatic carbocycles. The van der Waals surface area contributed by atoms with Gasteiger partial charge in [0.15, 0.2) is 0 Å². The van der Waals surface area contributed by atoms with Crippen LogP contribution in [-0.4, -0.2) is 21.7 Å². The third-order valence-corrected chi connectivity index (χ3v) is 1.35. The minimum absolute atomic E-state index is 0. The van der Waals surface area contributed by atoms with Gasteiger partial charge in [0.25, 0.3) is 4.55 Å². The Morgan fingerprint density at radius 3 is 2.00 bits per heavy atom. The summed E-state index contributed by atoms with van der Waals surface area (Å²) >= 11 is 2.07. The van der Waals surface area contributed by atoms with E-state index in [1.807, 2.05) is 0 Å². The van der Waals surface area contributed by atoms with Crippen LogP contribution in [0.2, 0.25) is 4.55 Å². The van der Waals surface area contributed by atoms with Crippen LogP contribution in [0.1, 0.15) is 26.2 Å². The van der Waals surface area contributed by atoms with Gasteiger partial charge in [0.05, 0.1) is 0 Å². The van der Waals surface area contributed by atoms with Crippen LogP contribution >= 0.6 is 0 Å². The van der Waals surface area contributed by atoms with Crippen molar-refractivity contribution in [3.05, 3.63) is 0 Å². The summed E-state index contributed by atoms with van der Waals surface area (Å²) in [6.07, 6.45) is 4.21. The van der Waals surface area contributed by atoms with E-state index in [0.717, 1.165) is 0 Å². The molecule has 0 aliphatic heterocycles. The molecule has 7 radical (unpaired) electrons. The van der Waals surface area contributed by atoms with E-state index in [4.69, 9.17) is 0 Å². The largest absolute Gasteiger partial charge is 1.41 e. The summed E-state index contributed by atoms with van der Waals surface area (Å²) in [6, 6.07) is 0. The molecule has 0 aromatic carbocycles. The van der Waals surface area contributed by atoms with E-state index in [9.17, 15) is 0 Å². The molecule has 3 N–H and O–H groups in total. The van der Waals surface area contributed by atoms with Crippen LogP contribution in [0.25, 0.3) is 0 Å². The summed E-state index contributed by atoms with van der Waals surface area (Å²) in [5, 5.41) is 0. The molecular weight excluding hydrogens is 98.4 g/mol. The van der Waals surface area contributed by atoms with E-state index in [-0.39, 0.29) is 6.15 Å². The normalized spacial score (nSPS) is 7.71. The maximum atomic E-state index is 2.23. The van der Waals surface area contributed by atoms with Gasteiger partial charge in [0.1, 0.15) is 0 Å². The Morgan fingerprint density at radius 1 is 1.29 bits per heavy atom. The fourth-order valence-electron chi connectivity index (χ4n) is 0.427. The summed E-state index contributed by atoms with van der Waals surface area (Å²) < 4.78 is 1.38. The average Bonchev–Trinajstić information content (AvgIpc) is 1.61. The Kier molecular flexibility index (Phi) is 15.0. The monoisotopic (exact) mass is 112 g/mol. The summed E-state index contributed by atoms with van der Waals surface area (Å²) in [6.45, 7) is 2.23. The van der Waals surface area contributed by atoms with E-state index in [1.165, 1.54) is 23.8 Å². The topological polar surface area (TPSA) is 35.0 Å². The molecule has 0 saturated heterocycles. The van der Waals surface area contributed by atoms with Crippen molar-refractivity contribution < 1.29 is 0 Å². The average molecular weight is 112 g/mol. The summed E-state index contributed by atoms with van der Waals surface area (Å²) in [7, 11) is 0. The molecule has 7 heavy (non-hydrogen) atoms. The fourth-order valence-corrected chi connectivity index (χ4v) is 0.780. The predicted molar refractivity (Wildman–Crippen MR) is 35.1 cm³/mol. The lowest BCUT2D eigenvalue weighted by Gasteiger charge is -1.77. The van der Waals surface area contributed by atoms with Crippen molar-refractivity contribution in [2.75, 3.05) is 0 Å². The minimum Gasteiger partial charge on any atom is -0.344 e. The maximum absolute atomic E-state index is 2.23. The molecule has 0 aromatic rings. The highest BCUT2D eigenvalue weighted by Crippen LogP contribution is 1.94. The molecule has 0 heterocycles. The third-order valence-electron chi connectivity index (χ3n) is 0.854. The third kappa shape index (κ3) is 10.8. The molecular formula is C5H14MgN+2. The van der Waals surface area contributed by atoms with Crippen molar-refractivity contribution in [3.8, 4) is 0 Å². The van der Waals surface area contributed by atoms with Crippen molar-refractivity contribution in [2.45, 2.75) is 30.7 Å². The van der Waals surface area contributed by atoms with E-state index < -0.39 is 0 Å². The number of hydrogen-bond donors (Lipinski definition) is 1. The van der Waals surface area contributed by atoms with E-state index in [2.05, 4.69) is 28.6 Å². The van der Waals surface area contributed by atoms with E-state index in [0.29, 0.717) is 0 Å². The molecule has 0 amide bonds. The van der Waals surface area contributed by atoms with Gasteiger partial charge in [-0.05, 0) is 6.42 Å². The van der Waals surface area contributed by atoms with Gasteiger partial charge in [0.2, 0.25) is 0 Å². The fraction of sp³-hybridized carbons (Fsp3) is 1.00. The van der Waals surface area contributed by atoms with Crippen LogP contribution in [0.3, 0.4) is 0 Å². The number of rotatable bonds is 3. The molecule has 0 rings (SSSR count). The van der Waals surface area contributed by atoms with Crippen LogP contribution in [0, 0.1) is 0 Å². The molecule has 0 atom stereocenters. The molecule has 39 valence electrons. The van der Waals surface area contributed by atoms with Crippen LogP contribution in [0.4, 0.5) is 0 Å². The highest BCUT2D eigenvalue weighted by Gasteiger charge is 2.19. The van der Waals surface area contributed by atoms with Crippen LogP contribution in [0.5, 0.6) is 0 Å². The quantitative estimate of drug-likeness (QED) is 0.439. The van der Waals surface area contributed by atoms with Gasteiger partial charge in [-0.2, -0.15) is 0 Å². The van der Waals surface area contributed by atoms with E-state index >= 15 is 0 Å². The van der Waals surface area contributed by atoms with Crippen molar-refractivity contribution in [1.82, 2.24) is 6.15 Å². The van der Waals surface area contributed by atoms with Crippen molar-refractivity contribution in [3.63, 3.8) is 0 Å². The molecule has 0 fully saturated rings. The molecule has 0 aliphatic rings. The first-order valence-corrected chi connectivity index (χ1v) is 3.71. The van der Waals surface area contributed by atoms with Gasteiger partial charge in [-0.15, -0.1) is 0 Å². The zero-order chi connectivity index (χ0) is 4.83. The maximum Gasteiger partial charge on any atom is 1.41 e. The van der Waals surface area contributed by atoms with Gasteiger partial charge in [0, 0.05) is 6.42 Å². The predicted octanol–water partition coefficient (Wildman–Crippen LogP) is 1.93. The van der Waals surface area contributed by atoms with E-state index in [1.54, 1.807) is 0 Å². The molecule has 1 nitrogen and oxygen atoms in total. The Morgan fingerprint density at radius 2 is 1.86 bits per heavy atom. The minimum atomic E-state index is 0. The first-order valence-electron chi connectivity index (χ1n) is 2.71. The van der Waals surface area contributed by atoms with Gasteiger partial charge >= 0.3 is 21.7 Å². The Labute approximate surface area is 58.9 Å². The Bertz CT molecular complexity index is 20.0. The SMILES string of the molecule is CCCC[CH2][Mg+2].N. The Hall–Kier alpha value is 0.726. The highest BCUT2D eigenvalue weighted by atomic mass is 24.4. The number of unbranched alkanes of at least 4 members (excludes halogenated alkanes) is 2. The van der Waals surface area contributed by atoms with Crippen LogP contribution < -0.4 is 6.15 Å². The van der Waals surface area contributed by atoms with Gasteiger partial charge in [-0.1, -0.05) is 13.3 Å². The van der Waals surface area contributed by atoms with Crippen LogP contribution in [0.15, 0.2) is 0 Å². The molecule has 0 spiro atoms. The van der Waals surface area contributed by atoms with Gasteiger partial charge in [-0.3, -0.25) is 0 Å². The molecule has 0 saturated carbocycles. The zero-order valence-corrected chi connectivity index (χ0v) is 6.66. The molecule has 0 aromatic heterocycles.